The molecule has 1 atom stereocenters. The molecule has 0 aromatic heterocycles. The first kappa shape index (κ1) is 15.1. The van der Waals surface area contributed by atoms with Crippen molar-refractivity contribution in [3.05, 3.63) is 28.8 Å². The number of methoxy groups -OCH3 is 1. The molecule has 0 saturated carbocycles. The van der Waals surface area contributed by atoms with Crippen molar-refractivity contribution < 1.29 is 47.9 Å². The summed E-state index contributed by atoms with van der Waals surface area (Å²) in [5, 5.41) is 0.0542. The Hall–Kier alpha value is 0.0900. The Morgan fingerprint density at radius 3 is 2.60 bits per heavy atom. The summed E-state index contributed by atoms with van der Waals surface area (Å²) in [5.41, 5.74) is -0.134. The molecule has 0 bridgehead atoms. The third-order valence-electron chi connectivity index (χ3n) is 1.54. The number of rotatable bonds is 2. The molecular formula is C8H6ClNaO4S. The summed E-state index contributed by atoms with van der Waals surface area (Å²) in [7, 11) is 1.16. The summed E-state index contributed by atoms with van der Waals surface area (Å²) in [6.07, 6.45) is 0. The SMILES string of the molecule is COC(=O)c1c(Cl)cccc1S(=O)[O-].[Na+]. The van der Waals surface area contributed by atoms with Gasteiger partial charge in [-0.05, 0) is 23.2 Å². The van der Waals surface area contributed by atoms with E-state index in [-0.39, 0.29) is 45.0 Å². The molecule has 0 N–H and O–H groups in total. The summed E-state index contributed by atoms with van der Waals surface area (Å²) < 4.78 is 25.9. The summed E-state index contributed by atoms with van der Waals surface area (Å²) in [4.78, 5) is 11.0. The first-order valence-corrected chi connectivity index (χ1v) is 4.99. The van der Waals surface area contributed by atoms with Crippen LogP contribution in [0, 0.1) is 0 Å². The number of hydrogen-bond acceptors (Lipinski definition) is 4. The minimum Gasteiger partial charge on any atom is -0.768 e. The maximum Gasteiger partial charge on any atom is 1.00 e. The van der Waals surface area contributed by atoms with Crippen molar-refractivity contribution in [1.29, 1.82) is 0 Å². The molecule has 1 rings (SSSR count). The maximum atomic E-state index is 11.2. The topological polar surface area (TPSA) is 66.4 Å². The zero-order valence-electron chi connectivity index (χ0n) is 8.15. The third kappa shape index (κ3) is 3.55. The first-order valence-electron chi connectivity index (χ1n) is 3.54. The fraction of sp³-hybridized carbons (Fsp3) is 0.125. The van der Waals surface area contributed by atoms with Crippen LogP contribution in [0.3, 0.4) is 0 Å². The van der Waals surface area contributed by atoms with Crippen molar-refractivity contribution in [3.63, 3.8) is 0 Å². The van der Waals surface area contributed by atoms with Gasteiger partial charge in [-0.15, -0.1) is 0 Å². The van der Waals surface area contributed by atoms with Gasteiger partial charge in [-0.3, -0.25) is 4.21 Å². The average Bonchev–Trinajstić information content (AvgIpc) is 2.16. The van der Waals surface area contributed by atoms with Crippen molar-refractivity contribution in [2.45, 2.75) is 4.90 Å². The Balaban J connectivity index is 0.00000196. The van der Waals surface area contributed by atoms with Crippen LogP contribution in [0.1, 0.15) is 10.4 Å². The van der Waals surface area contributed by atoms with E-state index in [2.05, 4.69) is 4.74 Å². The van der Waals surface area contributed by atoms with Crippen LogP contribution < -0.4 is 29.6 Å². The van der Waals surface area contributed by atoms with Gasteiger partial charge in [0.25, 0.3) is 0 Å². The second-order valence-corrected chi connectivity index (χ2v) is 3.66. The van der Waals surface area contributed by atoms with Crippen LogP contribution in [0.4, 0.5) is 0 Å². The van der Waals surface area contributed by atoms with Gasteiger partial charge in [0.2, 0.25) is 0 Å². The number of esters is 1. The van der Waals surface area contributed by atoms with Crippen molar-refractivity contribution >= 4 is 28.7 Å². The predicted molar refractivity (Wildman–Crippen MR) is 50.0 cm³/mol. The molecule has 1 unspecified atom stereocenters. The van der Waals surface area contributed by atoms with Crippen molar-refractivity contribution in [2.75, 3.05) is 7.11 Å². The van der Waals surface area contributed by atoms with Crippen LogP contribution in [0.2, 0.25) is 5.02 Å². The molecule has 0 aliphatic rings. The van der Waals surface area contributed by atoms with Gasteiger partial charge in [0.05, 0.1) is 17.7 Å². The molecule has 4 nitrogen and oxygen atoms in total. The minimum atomic E-state index is -2.51. The quantitative estimate of drug-likeness (QED) is 0.362. The van der Waals surface area contributed by atoms with E-state index in [1.165, 1.54) is 18.2 Å². The molecule has 0 spiro atoms. The monoisotopic (exact) mass is 256 g/mol. The summed E-state index contributed by atoms with van der Waals surface area (Å²) in [6, 6.07) is 4.14. The number of carbonyl (C=O) groups is 1. The van der Waals surface area contributed by atoms with Gasteiger partial charge < -0.3 is 9.29 Å². The summed E-state index contributed by atoms with van der Waals surface area (Å²) in [5.74, 6) is -0.769. The van der Waals surface area contributed by atoms with Gasteiger partial charge in [-0.2, -0.15) is 0 Å². The van der Waals surface area contributed by atoms with Gasteiger partial charge in [-0.1, -0.05) is 17.7 Å². The van der Waals surface area contributed by atoms with Crippen LogP contribution in [-0.4, -0.2) is 21.8 Å². The average molecular weight is 257 g/mol. The van der Waals surface area contributed by atoms with E-state index in [0.29, 0.717) is 0 Å². The Morgan fingerprint density at radius 2 is 2.13 bits per heavy atom. The van der Waals surface area contributed by atoms with E-state index < -0.39 is 17.0 Å². The summed E-state index contributed by atoms with van der Waals surface area (Å²) in [6.45, 7) is 0. The molecule has 0 fully saturated rings. The zero-order chi connectivity index (χ0) is 10.7. The van der Waals surface area contributed by atoms with E-state index in [9.17, 15) is 13.6 Å². The molecule has 0 amide bonds. The van der Waals surface area contributed by atoms with Gasteiger partial charge in [0, 0.05) is 4.90 Å². The maximum absolute atomic E-state index is 11.2. The Bertz CT molecular complexity index is 396. The largest absolute Gasteiger partial charge is 1.00 e. The molecule has 0 aliphatic heterocycles. The van der Waals surface area contributed by atoms with E-state index in [0.717, 1.165) is 7.11 Å². The Kier molecular flexibility index (Phi) is 6.66. The van der Waals surface area contributed by atoms with Gasteiger partial charge >= 0.3 is 35.5 Å². The first-order chi connectivity index (χ1) is 6.57. The smallest absolute Gasteiger partial charge is 0.768 e. The fourth-order valence-electron chi connectivity index (χ4n) is 0.943. The van der Waals surface area contributed by atoms with Crippen LogP contribution in [0.25, 0.3) is 0 Å². The molecule has 0 aliphatic carbocycles. The Labute approximate surface area is 117 Å². The normalized spacial score (nSPS) is 11.4. The van der Waals surface area contributed by atoms with Crippen molar-refractivity contribution in [1.82, 2.24) is 0 Å². The molecule has 1 aromatic rings. The van der Waals surface area contributed by atoms with Crippen molar-refractivity contribution in [3.8, 4) is 0 Å². The standard InChI is InChI=1S/C8H7ClO4S.Na/c1-13-8(10)7-5(9)3-2-4-6(7)14(11)12;/h2-4H,1H3,(H,11,12);/q;+1/p-1. The molecule has 0 radical (unpaired) electrons. The zero-order valence-corrected chi connectivity index (χ0v) is 11.7. The van der Waals surface area contributed by atoms with E-state index in [1.54, 1.807) is 0 Å². The fourth-order valence-corrected chi connectivity index (χ4v) is 1.80. The van der Waals surface area contributed by atoms with Gasteiger partial charge in [0.15, 0.2) is 0 Å². The second-order valence-electron chi connectivity index (χ2n) is 2.34. The number of benzene rings is 1. The van der Waals surface area contributed by atoms with Crippen LogP contribution in [-0.2, 0) is 15.8 Å². The van der Waals surface area contributed by atoms with Crippen molar-refractivity contribution in [2.24, 2.45) is 0 Å². The number of hydrogen-bond donors (Lipinski definition) is 0. The molecule has 7 heteroatoms. The minimum absolute atomic E-state index is 0. The molecule has 76 valence electrons. The Morgan fingerprint density at radius 1 is 1.53 bits per heavy atom. The van der Waals surface area contributed by atoms with Crippen LogP contribution in [0.15, 0.2) is 23.1 Å². The van der Waals surface area contributed by atoms with Crippen LogP contribution in [0.5, 0.6) is 0 Å². The molecule has 0 heterocycles. The number of carbonyl (C=O) groups excluding carboxylic acids is 1. The summed E-state index contributed by atoms with van der Waals surface area (Å²) >= 11 is 3.16. The van der Waals surface area contributed by atoms with Crippen LogP contribution >= 0.6 is 11.6 Å². The number of ether oxygens (including phenoxy) is 1. The molecule has 1 aromatic carbocycles. The van der Waals surface area contributed by atoms with Gasteiger partial charge in [-0.25, -0.2) is 4.79 Å². The van der Waals surface area contributed by atoms with Gasteiger partial charge in [0.1, 0.15) is 0 Å². The molecular weight excluding hydrogens is 251 g/mol. The number of halogens is 1. The van der Waals surface area contributed by atoms with E-state index in [4.69, 9.17) is 11.6 Å². The molecule has 15 heavy (non-hydrogen) atoms. The van der Waals surface area contributed by atoms with E-state index in [1.807, 2.05) is 0 Å². The third-order valence-corrected chi connectivity index (χ3v) is 2.56. The predicted octanol–water partition coefficient (Wildman–Crippen LogP) is -1.63. The van der Waals surface area contributed by atoms with E-state index >= 15 is 0 Å². The second kappa shape index (κ2) is 6.62. The molecule has 0 saturated heterocycles.